The van der Waals surface area contributed by atoms with Crippen LogP contribution in [0, 0.1) is 5.41 Å². The second-order valence-electron chi connectivity index (χ2n) is 7.52. The summed E-state index contributed by atoms with van der Waals surface area (Å²) in [5.41, 5.74) is 0.181. The third kappa shape index (κ3) is 3.77. The Labute approximate surface area is 169 Å². The fraction of sp³-hybridized carbons (Fsp3) is 0.300. The average Bonchev–Trinajstić information content (AvgIpc) is 2.79. The Hall–Kier alpha value is -2.38. The van der Waals surface area contributed by atoms with E-state index in [0.29, 0.717) is 6.54 Å². The first-order valence-electron chi connectivity index (χ1n) is 8.69. The van der Waals surface area contributed by atoms with Crippen LogP contribution >= 0.6 is 11.6 Å². The summed E-state index contributed by atoms with van der Waals surface area (Å²) in [5, 5.41) is 0.0943. The second-order valence-corrected chi connectivity index (χ2v) is 9.75. The van der Waals surface area contributed by atoms with Gasteiger partial charge in [-0.25, -0.2) is 12.7 Å². The van der Waals surface area contributed by atoms with E-state index in [1.807, 2.05) is 30.3 Å². The first-order valence-corrected chi connectivity index (χ1v) is 10.7. The van der Waals surface area contributed by atoms with Gasteiger partial charge in [-0.3, -0.25) is 9.59 Å². The van der Waals surface area contributed by atoms with Gasteiger partial charge in [-0.15, -0.1) is 0 Å². The highest BCUT2D eigenvalue weighted by atomic mass is 35.5. The van der Waals surface area contributed by atoms with Crippen LogP contribution < -0.4 is 4.31 Å². The van der Waals surface area contributed by atoms with Gasteiger partial charge in [0.25, 0.3) is 5.91 Å². The molecular weight excluding hydrogens is 400 g/mol. The molecule has 0 saturated carbocycles. The number of benzene rings is 2. The highest BCUT2D eigenvalue weighted by Gasteiger charge is 2.50. The Morgan fingerprint density at radius 1 is 1.18 bits per heavy atom. The Bertz CT molecular complexity index is 1040. The first-order chi connectivity index (χ1) is 13.0. The standard InChI is InChI=1S/C20H21ClN2O4S/c1-20(2)13-28(26,27)23(19(20)25)17-11-15(9-10-16(17)21)18(24)22(3)12-14-7-5-4-6-8-14/h4-11H,12-13H2,1-3H3. The van der Waals surface area contributed by atoms with Crippen molar-refractivity contribution in [1.29, 1.82) is 0 Å². The maximum absolute atomic E-state index is 12.8. The van der Waals surface area contributed by atoms with E-state index in [4.69, 9.17) is 11.6 Å². The van der Waals surface area contributed by atoms with Gasteiger partial charge in [0.15, 0.2) is 0 Å². The van der Waals surface area contributed by atoms with E-state index < -0.39 is 21.3 Å². The van der Waals surface area contributed by atoms with Crippen LogP contribution in [0.2, 0.25) is 5.02 Å². The maximum atomic E-state index is 12.8. The van der Waals surface area contributed by atoms with Gasteiger partial charge in [-0.2, -0.15) is 0 Å². The van der Waals surface area contributed by atoms with Gasteiger partial charge < -0.3 is 4.90 Å². The molecule has 1 saturated heterocycles. The number of rotatable bonds is 4. The summed E-state index contributed by atoms with van der Waals surface area (Å²) in [6.07, 6.45) is 0. The summed E-state index contributed by atoms with van der Waals surface area (Å²) in [4.78, 5) is 27.0. The molecule has 0 aromatic heterocycles. The van der Waals surface area contributed by atoms with E-state index in [1.165, 1.54) is 23.1 Å². The topological polar surface area (TPSA) is 74.8 Å². The molecule has 3 rings (SSSR count). The molecule has 2 aromatic rings. The summed E-state index contributed by atoms with van der Waals surface area (Å²) < 4.78 is 25.8. The van der Waals surface area contributed by atoms with Crippen LogP contribution in [0.1, 0.15) is 29.8 Å². The van der Waals surface area contributed by atoms with Crippen molar-refractivity contribution in [2.24, 2.45) is 5.41 Å². The first kappa shape index (κ1) is 20.4. The number of sulfonamides is 1. The lowest BCUT2D eigenvalue weighted by Crippen LogP contribution is -2.33. The molecule has 148 valence electrons. The van der Waals surface area contributed by atoms with Gasteiger partial charge in [-0.1, -0.05) is 41.9 Å². The van der Waals surface area contributed by atoms with Crippen LogP contribution in [0.4, 0.5) is 5.69 Å². The predicted molar refractivity (Wildman–Crippen MR) is 109 cm³/mol. The van der Waals surface area contributed by atoms with Gasteiger partial charge >= 0.3 is 0 Å². The van der Waals surface area contributed by atoms with Crippen LogP contribution in [-0.4, -0.2) is 37.9 Å². The van der Waals surface area contributed by atoms with Crippen molar-refractivity contribution in [2.45, 2.75) is 20.4 Å². The van der Waals surface area contributed by atoms with Crippen molar-refractivity contribution in [3.8, 4) is 0 Å². The maximum Gasteiger partial charge on any atom is 0.253 e. The molecule has 0 atom stereocenters. The smallest absolute Gasteiger partial charge is 0.253 e. The highest BCUT2D eigenvalue weighted by molar-refractivity contribution is 7.94. The minimum atomic E-state index is -3.86. The van der Waals surface area contributed by atoms with E-state index in [1.54, 1.807) is 20.9 Å². The molecule has 1 aliphatic heterocycles. The Morgan fingerprint density at radius 3 is 2.39 bits per heavy atom. The fourth-order valence-corrected chi connectivity index (χ4v) is 5.56. The summed E-state index contributed by atoms with van der Waals surface area (Å²) in [6.45, 7) is 3.54. The van der Waals surface area contributed by atoms with Crippen LogP contribution in [0.25, 0.3) is 0 Å². The van der Waals surface area contributed by atoms with Crippen LogP contribution in [-0.2, 0) is 21.4 Å². The second kappa shape index (κ2) is 7.22. The quantitative estimate of drug-likeness (QED) is 0.760. The van der Waals surface area contributed by atoms with Crippen molar-refractivity contribution in [2.75, 3.05) is 17.1 Å². The monoisotopic (exact) mass is 420 g/mol. The number of hydrogen-bond donors (Lipinski definition) is 0. The number of anilines is 1. The molecule has 0 bridgehead atoms. The van der Waals surface area contributed by atoms with Crippen molar-refractivity contribution < 1.29 is 18.0 Å². The van der Waals surface area contributed by atoms with Crippen molar-refractivity contribution in [1.82, 2.24) is 4.90 Å². The molecule has 0 aliphatic carbocycles. The average molecular weight is 421 g/mol. The molecule has 1 heterocycles. The normalized spacial score (nSPS) is 17.6. The number of halogens is 1. The Kier molecular flexibility index (Phi) is 5.25. The van der Waals surface area contributed by atoms with E-state index in [9.17, 15) is 18.0 Å². The largest absolute Gasteiger partial charge is 0.337 e. The molecule has 2 aromatic carbocycles. The molecule has 1 aliphatic rings. The minimum Gasteiger partial charge on any atom is -0.337 e. The molecule has 28 heavy (non-hydrogen) atoms. The molecule has 0 N–H and O–H groups in total. The SMILES string of the molecule is CN(Cc1ccccc1)C(=O)c1ccc(Cl)c(N2C(=O)C(C)(C)CS2(=O)=O)c1. The van der Waals surface area contributed by atoms with Crippen molar-refractivity contribution >= 4 is 39.1 Å². The lowest BCUT2D eigenvalue weighted by atomic mass is 9.95. The Balaban J connectivity index is 1.94. The highest BCUT2D eigenvalue weighted by Crippen LogP contribution is 2.39. The zero-order valence-electron chi connectivity index (χ0n) is 15.8. The van der Waals surface area contributed by atoms with Gasteiger partial charge in [0.05, 0.1) is 21.9 Å². The van der Waals surface area contributed by atoms with Crippen molar-refractivity contribution in [3.05, 3.63) is 64.7 Å². The lowest BCUT2D eigenvalue weighted by molar-refractivity contribution is -0.123. The van der Waals surface area contributed by atoms with Crippen molar-refractivity contribution in [3.63, 3.8) is 0 Å². The minimum absolute atomic E-state index is 0.0104. The van der Waals surface area contributed by atoms with Crippen LogP contribution in [0.15, 0.2) is 48.5 Å². The number of hydrogen-bond acceptors (Lipinski definition) is 4. The predicted octanol–water partition coefficient (Wildman–Crippen LogP) is 3.31. The molecular formula is C20H21ClN2O4S. The van der Waals surface area contributed by atoms with E-state index >= 15 is 0 Å². The number of nitrogens with zero attached hydrogens (tertiary/aromatic N) is 2. The van der Waals surface area contributed by atoms with E-state index in [0.717, 1.165) is 9.87 Å². The van der Waals surface area contributed by atoms with Crippen LogP contribution in [0.5, 0.6) is 0 Å². The van der Waals surface area contributed by atoms with Crippen LogP contribution in [0.3, 0.4) is 0 Å². The molecule has 1 fully saturated rings. The number of carbonyl (C=O) groups excluding carboxylic acids is 2. The fourth-order valence-electron chi connectivity index (χ4n) is 3.19. The summed E-state index contributed by atoms with van der Waals surface area (Å²) in [7, 11) is -2.20. The van der Waals surface area contributed by atoms with Gasteiger partial charge in [-0.05, 0) is 37.6 Å². The van der Waals surface area contributed by atoms with E-state index in [-0.39, 0.29) is 27.9 Å². The van der Waals surface area contributed by atoms with Gasteiger partial charge in [0.1, 0.15) is 0 Å². The third-order valence-corrected chi connectivity index (χ3v) is 6.93. The number of carbonyl (C=O) groups is 2. The zero-order valence-corrected chi connectivity index (χ0v) is 17.4. The summed E-state index contributed by atoms with van der Waals surface area (Å²) >= 11 is 6.19. The summed E-state index contributed by atoms with van der Waals surface area (Å²) in [5.74, 6) is -1.16. The van der Waals surface area contributed by atoms with E-state index in [2.05, 4.69) is 0 Å². The van der Waals surface area contributed by atoms with Gasteiger partial charge in [0, 0.05) is 19.2 Å². The number of amides is 2. The molecule has 0 radical (unpaired) electrons. The third-order valence-electron chi connectivity index (χ3n) is 4.61. The Morgan fingerprint density at radius 2 is 1.82 bits per heavy atom. The zero-order chi connectivity index (χ0) is 20.7. The molecule has 0 unspecified atom stereocenters. The molecule has 6 nitrogen and oxygen atoms in total. The molecule has 0 spiro atoms. The molecule has 8 heteroatoms. The summed E-state index contributed by atoms with van der Waals surface area (Å²) in [6, 6.07) is 13.8. The molecule has 2 amide bonds. The lowest BCUT2D eigenvalue weighted by Gasteiger charge is -2.21. The van der Waals surface area contributed by atoms with Gasteiger partial charge in [0.2, 0.25) is 15.9 Å².